The number of benzene rings is 2. The first kappa shape index (κ1) is 18.5. The fraction of sp³-hybridized carbons (Fsp3) is 0.400. The van der Waals surface area contributed by atoms with E-state index >= 15 is 0 Å². The van der Waals surface area contributed by atoms with Gasteiger partial charge in [0, 0.05) is 18.7 Å². The lowest BCUT2D eigenvalue weighted by molar-refractivity contribution is -0.0596. The molecule has 1 saturated heterocycles. The third kappa shape index (κ3) is 4.66. The van der Waals surface area contributed by atoms with Crippen LogP contribution in [-0.4, -0.2) is 46.6 Å². The predicted molar refractivity (Wildman–Crippen MR) is 97.9 cm³/mol. The Balaban J connectivity index is 1.39. The lowest BCUT2D eigenvalue weighted by Gasteiger charge is -2.15. The van der Waals surface area contributed by atoms with Crippen molar-refractivity contribution in [3.63, 3.8) is 0 Å². The van der Waals surface area contributed by atoms with E-state index in [1.165, 1.54) is 0 Å². The normalized spacial score (nSPS) is 19.3. The Kier molecular flexibility index (Phi) is 6.71. The second-order valence-electron chi connectivity index (χ2n) is 5.88. The van der Waals surface area contributed by atoms with E-state index in [4.69, 9.17) is 23.7 Å². The van der Waals surface area contributed by atoms with Gasteiger partial charge in [0.1, 0.15) is 6.61 Å². The van der Waals surface area contributed by atoms with Crippen LogP contribution in [0.5, 0.6) is 17.2 Å². The zero-order chi connectivity index (χ0) is 18.2. The van der Waals surface area contributed by atoms with E-state index in [1.54, 1.807) is 14.2 Å². The fourth-order valence-electron chi connectivity index (χ4n) is 2.79. The van der Waals surface area contributed by atoms with E-state index in [0.717, 1.165) is 5.56 Å². The Morgan fingerprint density at radius 1 is 1.00 bits per heavy atom. The summed E-state index contributed by atoms with van der Waals surface area (Å²) in [4.78, 5) is 0. The number of rotatable bonds is 9. The molecular weight excluding hydrogens is 334 g/mol. The summed E-state index contributed by atoms with van der Waals surface area (Å²) in [6.45, 7) is 2.45. The van der Waals surface area contributed by atoms with Gasteiger partial charge in [-0.05, 0) is 12.1 Å². The van der Waals surface area contributed by atoms with Gasteiger partial charge >= 0.3 is 0 Å². The summed E-state index contributed by atoms with van der Waals surface area (Å²) in [6, 6.07) is 15.5. The third-order valence-electron chi connectivity index (χ3n) is 4.10. The molecule has 0 bridgehead atoms. The Hall–Kier alpha value is -2.28. The van der Waals surface area contributed by atoms with E-state index in [-0.39, 0.29) is 12.4 Å². The minimum absolute atomic E-state index is 0.0287. The second-order valence-corrected chi connectivity index (χ2v) is 5.88. The number of nitrogens with one attached hydrogen (secondary N) is 1. The van der Waals surface area contributed by atoms with Crippen LogP contribution in [0, 0.1) is 0 Å². The zero-order valence-electron chi connectivity index (χ0n) is 15.1. The van der Waals surface area contributed by atoms with Crippen molar-refractivity contribution >= 4 is 0 Å². The molecule has 1 aliphatic heterocycles. The quantitative estimate of drug-likeness (QED) is 0.695. The molecule has 2 atom stereocenters. The molecule has 0 saturated carbocycles. The largest absolute Gasteiger partial charge is 0.493 e. The van der Waals surface area contributed by atoms with Gasteiger partial charge < -0.3 is 29.0 Å². The van der Waals surface area contributed by atoms with Gasteiger partial charge in [-0.15, -0.1) is 0 Å². The van der Waals surface area contributed by atoms with Gasteiger partial charge in [0.05, 0.1) is 26.9 Å². The number of para-hydroxylation sites is 1. The van der Waals surface area contributed by atoms with Crippen molar-refractivity contribution in [2.45, 2.75) is 12.4 Å². The Morgan fingerprint density at radius 2 is 1.73 bits per heavy atom. The molecule has 0 radical (unpaired) electrons. The molecular formula is C20H25NO5. The van der Waals surface area contributed by atoms with E-state index < -0.39 is 0 Å². The summed E-state index contributed by atoms with van der Waals surface area (Å²) in [5.41, 5.74) is 1.04. The first-order chi connectivity index (χ1) is 12.8. The summed E-state index contributed by atoms with van der Waals surface area (Å²) in [6.07, 6.45) is -0.252. The first-order valence-electron chi connectivity index (χ1n) is 8.68. The summed E-state index contributed by atoms with van der Waals surface area (Å²) in [5, 5.41) is 3.33. The SMILES string of the molecule is COc1cccc(OC)c1OCCNC[C@H]1CO[C@H](c2ccccc2)O1. The number of ether oxygens (including phenoxy) is 5. The molecule has 1 heterocycles. The molecule has 3 rings (SSSR count). The molecule has 0 aromatic heterocycles. The van der Waals surface area contributed by atoms with Gasteiger partial charge in [-0.25, -0.2) is 0 Å². The van der Waals surface area contributed by atoms with Crippen LogP contribution >= 0.6 is 0 Å². The molecule has 0 unspecified atom stereocenters. The van der Waals surface area contributed by atoms with Crippen LogP contribution in [0.1, 0.15) is 11.9 Å². The van der Waals surface area contributed by atoms with E-state index in [0.29, 0.717) is 43.6 Å². The Morgan fingerprint density at radius 3 is 2.42 bits per heavy atom. The highest BCUT2D eigenvalue weighted by Gasteiger charge is 2.26. The fourth-order valence-corrected chi connectivity index (χ4v) is 2.79. The van der Waals surface area contributed by atoms with Crippen molar-refractivity contribution in [2.24, 2.45) is 0 Å². The van der Waals surface area contributed by atoms with Crippen LogP contribution in [0.25, 0.3) is 0 Å². The second kappa shape index (κ2) is 9.43. The van der Waals surface area contributed by atoms with Crippen LogP contribution < -0.4 is 19.5 Å². The van der Waals surface area contributed by atoms with Crippen molar-refractivity contribution in [1.82, 2.24) is 5.32 Å². The van der Waals surface area contributed by atoms with Crippen LogP contribution in [0.2, 0.25) is 0 Å². The minimum atomic E-state index is -0.280. The third-order valence-corrected chi connectivity index (χ3v) is 4.10. The topological polar surface area (TPSA) is 58.2 Å². The zero-order valence-corrected chi connectivity index (χ0v) is 15.1. The van der Waals surface area contributed by atoms with E-state index in [9.17, 15) is 0 Å². The standard InChI is InChI=1S/C20H25NO5/c1-22-17-9-6-10-18(23-2)19(17)24-12-11-21-13-16-14-25-20(26-16)15-7-4-3-5-8-15/h3-10,16,20-21H,11-14H2,1-2H3/t16-,20-/m0/s1. The molecule has 6 heteroatoms. The summed E-state index contributed by atoms with van der Waals surface area (Å²) >= 11 is 0. The molecule has 6 nitrogen and oxygen atoms in total. The van der Waals surface area contributed by atoms with E-state index in [1.807, 2.05) is 48.5 Å². The van der Waals surface area contributed by atoms with Gasteiger partial charge in [0.2, 0.25) is 5.75 Å². The molecule has 26 heavy (non-hydrogen) atoms. The van der Waals surface area contributed by atoms with Crippen LogP contribution in [0.4, 0.5) is 0 Å². The lowest BCUT2D eigenvalue weighted by atomic mass is 10.2. The molecule has 2 aromatic rings. The van der Waals surface area contributed by atoms with Gasteiger partial charge in [-0.1, -0.05) is 36.4 Å². The molecule has 0 aliphatic carbocycles. The van der Waals surface area contributed by atoms with Crippen molar-refractivity contribution in [1.29, 1.82) is 0 Å². The highest BCUT2D eigenvalue weighted by molar-refractivity contribution is 5.51. The summed E-state index contributed by atoms with van der Waals surface area (Å²) in [7, 11) is 3.22. The van der Waals surface area contributed by atoms with Gasteiger partial charge in [-0.3, -0.25) is 0 Å². The van der Waals surface area contributed by atoms with Gasteiger partial charge in [-0.2, -0.15) is 0 Å². The average Bonchev–Trinajstić information content (AvgIpc) is 3.17. The Bertz CT molecular complexity index is 657. The first-order valence-corrected chi connectivity index (χ1v) is 8.68. The number of methoxy groups -OCH3 is 2. The number of hydrogen-bond donors (Lipinski definition) is 1. The molecule has 0 amide bonds. The number of hydrogen-bond acceptors (Lipinski definition) is 6. The van der Waals surface area contributed by atoms with Crippen molar-refractivity contribution < 1.29 is 23.7 Å². The molecule has 1 aliphatic rings. The lowest BCUT2D eigenvalue weighted by Crippen LogP contribution is -2.31. The van der Waals surface area contributed by atoms with Gasteiger partial charge in [0.25, 0.3) is 0 Å². The van der Waals surface area contributed by atoms with Crippen LogP contribution in [-0.2, 0) is 9.47 Å². The Labute approximate surface area is 154 Å². The molecule has 0 spiro atoms. The van der Waals surface area contributed by atoms with Crippen molar-refractivity contribution in [2.75, 3.05) is 40.5 Å². The highest BCUT2D eigenvalue weighted by atomic mass is 16.7. The van der Waals surface area contributed by atoms with Crippen molar-refractivity contribution in [3.05, 3.63) is 54.1 Å². The predicted octanol–water partition coefficient (Wildman–Crippen LogP) is 2.79. The summed E-state index contributed by atoms with van der Waals surface area (Å²) < 4.78 is 28.1. The maximum absolute atomic E-state index is 5.92. The maximum Gasteiger partial charge on any atom is 0.203 e. The smallest absolute Gasteiger partial charge is 0.203 e. The van der Waals surface area contributed by atoms with Crippen molar-refractivity contribution in [3.8, 4) is 17.2 Å². The monoisotopic (exact) mass is 359 g/mol. The maximum atomic E-state index is 5.92. The van der Waals surface area contributed by atoms with Gasteiger partial charge in [0.15, 0.2) is 17.8 Å². The molecule has 140 valence electrons. The highest BCUT2D eigenvalue weighted by Crippen LogP contribution is 2.36. The minimum Gasteiger partial charge on any atom is -0.493 e. The van der Waals surface area contributed by atoms with Crippen LogP contribution in [0.15, 0.2) is 48.5 Å². The molecule has 1 N–H and O–H groups in total. The molecule has 2 aromatic carbocycles. The van der Waals surface area contributed by atoms with E-state index in [2.05, 4.69) is 5.32 Å². The van der Waals surface area contributed by atoms with Crippen LogP contribution in [0.3, 0.4) is 0 Å². The summed E-state index contributed by atoms with van der Waals surface area (Å²) in [5.74, 6) is 1.93. The molecule has 1 fully saturated rings. The average molecular weight is 359 g/mol.